The number of rotatable bonds is 4. The Hall–Kier alpha value is -0.390. The Morgan fingerprint density at radius 3 is 2.93 bits per heavy atom. The van der Waals surface area contributed by atoms with Gasteiger partial charge in [-0.2, -0.15) is 0 Å². The normalized spacial score (nSPS) is 10.2. The second-order valence-electron chi connectivity index (χ2n) is 3.02. The first-order valence-corrected chi connectivity index (χ1v) is 5.97. The second kappa shape index (κ2) is 5.48. The first kappa shape index (κ1) is 11.7. The van der Waals surface area contributed by atoms with Crippen LogP contribution < -0.4 is 5.73 Å². The Bertz CT molecular complexity index is 314. The van der Waals surface area contributed by atoms with Crippen LogP contribution in [0.4, 0.5) is 0 Å². The third-order valence-electron chi connectivity index (χ3n) is 1.80. The molecule has 78 valence electrons. The number of carbonyl (C=O) groups is 1. The Kier molecular flexibility index (Phi) is 4.57. The van der Waals surface area contributed by atoms with E-state index in [0.29, 0.717) is 19.5 Å². The SMILES string of the molecule is CN(Cc1cc(Br)cs1)C(=O)CCN. The fourth-order valence-corrected chi connectivity index (χ4v) is 2.58. The van der Waals surface area contributed by atoms with Crippen LogP contribution in [0.1, 0.15) is 11.3 Å². The van der Waals surface area contributed by atoms with Gasteiger partial charge in [0, 0.05) is 34.7 Å². The Balaban J connectivity index is 2.48. The highest BCUT2D eigenvalue weighted by Crippen LogP contribution is 2.20. The first-order chi connectivity index (χ1) is 6.63. The van der Waals surface area contributed by atoms with Gasteiger partial charge in [0.1, 0.15) is 0 Å². The summed E-state index contributed by atoms with van der Waals surface area (Å²) in [5.74, 6) is 0.0945. The van der Waals surface area contributed by atoms with Gasteiger partial charge in [-0.1, -0.05) is 0 Å². The lowest BCUT2D eigenvalue weighted by Gasteiger charge is -2.15. The van der Waals surface area contributed by atoms with Gasteiger partial charge in [0.05, 0.1) is 6.54 Å². The van der Waals surface area contributed by atoms with Gasteiger partial charge in [-0.25, -0.2) is 0 Å². The van der Waals surface area contributed by atoms with Crippen LogP contribution >= 0.6 is 27.3 Å². The van der Waals surface area contributed by atoms with Crippen LogP contribution in [0.2, 0.25) is 0 Å². The predicted molar refractivity (Wildman–Crippen MR) is 62.2 cm³/mol. The van der Waals surface area contributed by atoms with Crippen molar-refractivity contribution < 1.29 is 4.79 Å². The molecule has 3 nitrogen and oxygen atoms in total. The Morgan fingerprint density at radius 2 is 2.43 bits per heavy atom. The fraction of sp³-hybridized carbons (Fsp3) is 0.444. The zero-order valence-electron chi connectivity index (χ0n) is 8.00. The number of thiophene rings is 1. The summed E-state index contributed by atoms with van der Waals surface area (Å²) in [6, 6.07) is 2.02. The molecule has 0 aromatic carbocycles. The minimum Gasteiger partial charge on any atom is -0.341 e. The summed E-state index contributed by atoms with van der Waals surface area (Å²) in [7, 11) is 1.80. The predicted octanol–water partition coefficient (Wildman–Crippen LogP) is 1.82. The molecular weight excluding hydrogens is 264 g/mol. The van der Waals surface area contributed by atoms with Crippen LogP contribution in [0, 0.1) is 0 Å². The topological polar surface area (TPSA) is 46.3 Å². The molecule has 0 saturated carbocycles. The van der Waals surface area contributed by atoms with Crippen molar-refractivity contribution >= 4 is 33.2 Å². The highest BCUT2D eigenvalue weighted by atomic mass is 79.9. The Labute approximate surface area is 96.0 Å². The molecule has 2 N–H and O–H groups in total. The van der Waals surface area contributed by atoms with Gasteiger partial charge in [0.2, 0.25) is 5.91 Å². The summed E-state index contributed by atoms with van der Waals surface area (Å²) in [5.41, 5.74) is 5.31. The monoisotopic (exact) mass is 276 g/mol. The van der Waals surface area contributed by atoms with Gasteiger partial charge < -0.3 is 10.6 Å². The molecule has 0 saturated heterocycles. The molecule has 1 rings (SSSR count). The average Bonchev–Trinajstić information content (AvgIpc) is 2.51. The van der Waals surface area contributed by atoms with Gasteiger partial charge in [0.15, 0.2) is 0 Å². The lowest BCUT2D eigenvalue weighted by Crippen LogP contribution is -2.27. The van der Waals surface area contributed by atoms with Crippen LogP contribution in [0.25, 0.3) is 0 Å². The minimum absolute atomic E-state index is 0.0945. The van der Waals surface area contributed by atoms with E-state index < -0.39 is 0 Å². The number of hydrogen-bond acceptors (Lipinski definition) is 3. The molecule has 1 heterocycles. The smallest absolute Gasteiger partial charge is 0.223 e. The third kappa shape index (κ3) is 3.40. The molecule has 14 heavy (non-hydrogen) atoms. The van der Waals surface area contributed by atoms with Crippen LogP contribution in [0.5, 0.6) is 0 Å². The maximum absolute atomic E-state index is 11.4. The summed E-state index contributed by atoms with van der Waals surface area (Å²) in [4.78, 5) is 14.3. The van der Waals surface area contributed by atoms with E-state index in [9.17, 15) is 4.79 Å². The fourth-order valence-electron chi connectivity index (χ4n) is 1.07. The Morgan fingerprint density at radius 1 is 1.71 bits per heavy atom. The van der Waals surface area contributed by atoms with E-state index in [1.54, 1.807) is 23.3 Å². The van der Waals surface area contributed by atoms with E-state index in [-0.39, 0.29) is 5.91 Å². The number of carbonyl (C=O) groups excluding carboxylic acids is 1. The van der Waals surface area contributed by atoms with Gasteiger partial charge in [-0.15, -0.1) is 11.3 Å². The van der Waals surface area contributed by atoms with Crippen LogP contribution in [-0.4, -0.2) is 24.4 Å². The standard InChI is InChI=1S/C9H13BrN2OS/c1-12(9(13)2-3-11)5-8-4-7(10)6-14-8/h4,6H,2-3,5,11H2,1H3. The quantitative estimate of drug-likeness (QED) is 0.912. The van der Waals surface area contributed by atoms with Gasteiger partial charge in [-0.3, -0.25) is 4.79 Å². The molecule has 0 aliphatic rings. The van der Waals surface area contributed by atoms with Crippen molar-refractivity contribution in [3.8, 4) is 0 Å². The lowest BCUT2D eigenvalue weighted by atomic mass is 10.3. The lowest BCUT2D eigenvalue weighted by molar-refractivity contribution is -0.130. The van der Waals surface area contributed by atoms with Gasteiger partial charge >= 0.3 is 0 Å². The second-order valence-corrected chi connectivity index (χ2v) is 4.93. The number of nitrogens with two attached hydrogens (primary N) is 1. The highest BCUT2D eigenvalue weighted by Gasteiger charge is 2.08. The molecule has 5 heteroatoms. The van der Waals surface area contributed by atoms with E-state index in [4.69, 9.17) is 5.73 Å². The van der Waals surface area contributed by atoms with Gasteiger partial charge in [0.25, 0.3) is 0 Å². The molecule has 1 amide bonds. The molecule has 0 bridgehead atoms. The van der Waals surface area contributed by atoms with Crippen molar-refractivity contribution in [2.24, 2.45) is 5.73 Å². The van der Waals surface area contributed by atoms with Crippen LogP contribution in [0.15, 0.2) is 15.9 Å². The van der Waals surface area contributed by atoms with Crippen molar-refractivity contribution in [1.29, 1.82) is 0 Å². The molecule has 0 aliphatic carbocycles. The van der Waals surface area contributed by atoms with E-state index in [0.717, 1.165) is 4.47 Å². The summed E-state index contributed by atoms with van der Waals surface area (Å²) in [6.07, 6.45) is 0.420. The van der Waals surface area contributed by atoms with E-state index in [1.807, 2.05) is 11.4 Å². The van der Waals surface area contributed by atoms with Gasteiger partial charge in [-0.05, 0) is 22.0 Å². The maximum atomic E-state index is 11.4. The maximum Gasteiger partial charge on any atom is 0.223 e. The molecular formula is C9H13BrN2OS. The number of amides is 1. The number of hydrogen-bond donors (Lipinski definition) is 1. The molecule has 0 unspecified atom stereocenters. The zero-order valence-corrected chi connectivity index (χ0v) is 10.4. The zero-order chi connectivity index (χ0) is 10.6. The van der Waals surface area contributed by atoms with Crippen LogP contribution in [-0.2, 0) is 11.3 Å². The van der Waals surface area contributed by atoms with E-state index >= 15 is 0 Å². The van der Waals surface area contributed by atoms with Crippen molar-refractivity contribution in [3.63, 3.8) is 0 Å². The number of halogens is 1. The highest BCUT2D eigenvalue weighted by molar-refractivity contribution is 9.10. The molecule has 0 atom stereocenters. The van der Waals surface area contributed by atoms with Crippen molar-refractivity contribution in [2.45, 2.75) is 13.0 Å². The van der Waals surface area contributed by atoms with E-state index in [2.05, 4.69) is 15.9 Å². The molecule has 0 spiro atoms. The van der Waals surface area contributed by atoms with Crippen molar-refractivity contribution in [1.82, 2.24) is 4.90 Å². The molecule has 0 aliphatic heterocycles. The van der Waals surface area contributed by atoms with E-state index in [1.165, 1.54) is 4.88 Å². The summed E-state index contributed by atoms with van der Waals surface area (Å²) >= 11 is 5.02. The first-order valence-electron chi connectivity index (χ1n) is 4.30. The molecule has 1 aromatic heterocycles. The van der Waals surface area contributed by atoms with Crippen molar-refractivity contribution in [3.05, 3.63) is 20.8 Å². The van der Waals surface area contributed by atoms with Crippen LogP contribution in [0.3, 0.4) is 0 Å². The summed E-state index contributed by atoms with van der Waals surface area (Å²) in [6.45, 7) is 1.08. The molecule has 0 fully saturated rings. The van der Waals surface area contributed by atoms with Crippen molar-refractivity contribution in [2.75, 3.05) is 13.6 Å². The molecule has 1 aromatic rings. The third-order valence-corrected chi connectivity index (χ3v) is 3.48. The minimum atomic E-state index is 0.0945. The molecule has 0 radical (unpaired) electrons. The summed E-state index contributed by atoms with van der Waals surface area (Å²) in [5, 5.41) is 2.01. The summed E-state index contributed by atoms with van der Waals surface area (Å²) < 4.78 is 1.07. The largest absolute Gasteiger partial charge is 0.341 e. The number of nitrogens with zero attached hydrogens (tertiary/aromatic N) is 1. The average molecular weight is 277 g/mol.